The summed E-state index contributed by atoms with van der Waals surface area (Å²) in [7, 11) is 0. The number of alkyl carbamates (subject to hydrolysis) is 1. The molecule has 9 nitrogen and oxygen atoms in total. The maximum atomic E-state index is 12.6. The molecule has 3 amide bonds. The predicted molar refractivity (Wildman–Crippen MR) is 109 cm³/mol. The first kappa shape index (κ1) is 25.7. The number of nitrogens with one attached hydrogen (secondary N) is 3. The number of amides is 3. The zero-order valence-electron chi connectivity index (χ0n) is 18.9. The Balaban J connectivity index is 2.46. The van der Waals surface area contributed by atoms with Crippen molar-refractivity contribution in [1.29, 1.82) is 0 Å². The Labute approximate surface area is 178 Å². The lowest BCUT2D eigenvalue weighted by molar-refractivity contribution is -0.307. The van der Waals surface area contributed by atoms with Crippen molar-refractivity contribution in [3.05, 3.63) is 0 Å². The summed E-state index contributed by atoms with van der Waals surface area (Å²) >= 11 is 0. The van der Waals surface area contributed by atoms with Gasteiger partial charge in [0.2, 0.25) is 11.8 Å². The van der Waals surface area contributed by atoms with Crippen molar-refractivity contribution in [3.8, 4) is 0 Å². The molecule has 0 saturated heterocycles. The van der Waals surface area contributed by atoms with Crippen LogP contribution in [0.25, 0.3) is 0 Å². The molecule has 0 bridgehead atoms. The molecular formula is C21H36N3O6-. The SMILES string of the molecule is CC(C)[C@@H](NC(=O)OC(C)(C)C)C(=O)NCC1CCC(C(=O)N[C@H](C)C(=O)[O-])CC1. The van der Waals surface area contributed by atoms with Gasteiger partial charge in [-0.05, 0) is 65.2 Å². The van der Waals surface area contributed by atoms with Gasteiger partial charge in [0.1, 0.15) is 11.6 Å². The molecule has 1 aliphatic rings. The van der Waals surface area contributed by atoms with Crippen LogP contribution in [0.5, 0.6) is 0 Å². The maximum absolute atomic E-state index is 12.6. The number of carboxylic acid groups (broad SMARTS) is 1. The standard InChI is InChI=1S/C21H37N3O6/c1-12(2)16(24-20(29)30-21(4,5)6)18(26)22-11-14-7-9-15(10-8-14)17(25)23-13(3)19(27)28/h12-16H,7-11H2,1-6H3,(H,22,26)(H,23,25)(H,24,29)(H,27,28)/p-1/t13-,14?,15?,16-/m1/s1. The van der Waals surface area contributed by atoms with E-state index in [1.807, 2.05) is 13.8 Å². The van der Waals surface area contributed by atoms with Crippen molar-refractivity contribution in [2.24, 2.45) is 17.8 Å². The highest BCUT2D eigenvalue weighted by Gasteiger charge is 2.30. The lowest BCUT2D eigenvalue weighted by atomic mass is 9.81. The van der Waals surface area contributed by atoms with Crippen LogP contribution < -0.4 is 21.1 Å². The molecule has 1 fully saturated rings. The van der Waals surface area contributed by atoms with Gasteiger partial charge in [0.15, 0.2) is 0 Å². The van der Waals surface area contributed by atoms with Crippen molar-refractivity contribution >= 4 is 23.9 Å². The molecule has 30 heavy (non-hydrogen) atoms. The molecule has 172 valence electrons. The molecule has 0 spiro atoms. The Morgan fingerprint density at radius 1 is 1.00 bits per heavy atom. The molecule has 0 aliphatic heterocycles. The third-order valence-electron chi connectivity index (χ3n) is 5.12. The van der Waals surface area contributed by atoms with E-state index >= 15 is 0 Å². The van der Waals surface area contributed by atoms with E-state index in [0.717, 1.165) is 12.8 Å². The van der Waals surface area contributed by atoms with Crippen LogP contribution in [0.1, 0.15) is 67.2 Å². The van der Waals surface area contributed by atoms with Crippen LogP contribution in [-0.4, -0.2) is 48.1 Å². The molecule has 0 aromatic rings. The normalized spacial score (nSPS) is 21.3. The van der Waals surface area contributed by atoms with E-state index in [-0.39, 0.29) is 29.6 Å². The average molecular weight is 427 g/mol. The summed E-state index contributed by atoms with van der Waals surface area (Å²) in [5.74, 6) is -1.95. The van der Waals surface area contributed by atoms with E-state index in [0.29, 0.717) is 19.4 Å². The van der Waals surface area contributed by atoms with Crippen molar-refractivity contribution < 1.29 is 29.0 Å². The minimum absolute atomic E-state index is 0.109. The fourth-order valence-electron chi connectivity index (χ4n) is 3.34. The van der Waals surface area contributed by atoms with Gasteiger partial charge in [-0.3, -0.25) is 9.59 Å². The lowest BCUT2D eigenvalue weighted by Crippen LogP contribution is -2.51. The number of carbonyl (C=O) groups is 4. The highest BCUT2D eigenvalue weighted by Crippen LogP contribution is 2.28. The summed E-state index contributed by atoms with van der Waals surface area (Å²) in [6, 6.07) is -1.71. The predicted octanol–water partition coefficient (Wildman–Crippen LogP) is 0.713. The number of hydrogen-bond donors (Lipinski definition) is 3. The van der Waals surface area contributed by atoms with E-state index < -0.39 is 29.7 Å². The molecule has 1 rings (SSSR count). The second-order valence-corrected chi connectivity index (χ2v) is 9.38. The van der Waals surface area contributed by atoms with E-state index in [9.17, 15) is 24.3 Å². The molecule has 0 aromatic heterocycles. The van der Waals surface area contributed by atoms with Crippen molar-refractivity contribution in [2.75, 3.05) is 6.54 Å². The number of ether oxygens (including phenoxy) is 1. The van der Waals surface area contributed by atoms with Crippen LogP contribution in [0.3, 0.4) is 0 Å². The second-order valence-electron chi connectivity index (χ2n) is 9.38. The summed E-state index contributed by atoms with van der Waals surface area (Å²) < 4.78 is 5.23. The molecule has 0 radical (unpaired) electrons. The molecule has 1 aliphatic carbocycles. The molecule has 1 saturated carbocycles. The van der Waals surface area contributed by atoms with Crippen LogP contribution in [0.15, 0.2) is 0 Å². The molecule has 0 heterocycles. The number of aliphatic carboxylic acids is 1. The first-order chi connectivity index (χ1) is 13.8. The smallest absolute Gasteiger partial charge is 0.408 e. The Hall–Kier alpha value is -2.32. The summed E-state index contributed by atoms with van der Waals surface area (Å²) in [4.78, 5) is 47.5. The third-order valence-corrected chi connectivity index (χ3v) is 5.12. The third kappa shape index (κ3) is 9.00. The second kappa shape index (κ2) is 11.2. The van der Waals surface area contributed by atoms with Gasteiger partial charge in [0.25, 0.3) is 0 Å². The van der Waals surface area contributed by atoms with Crippen molar-refractivity contribution in [1.82, 2.24) is 16.0 Å². The van der Waals surface area contributed by atoms with Crippen LogP contribution >= 0.6 is 0 Å². The van der Waals surface area contributed by atoms with Gasteiger partial charge in [-0.15, -0.1) is 0 Å². The Morgan fingerprint density at radius 3 is 2.03 bits per heavy atom. The number of rotatable bonds is 8. The Morgan fingerprint density at radius 2 is 1.57 bits per heavy atom. The largest absolute Gasteiger partial charge is 0.548 e. The Kier molecular flexibility index (Phi) is 9.58. The van der Waals surface area contributed by atoms with Crippen molar-refractivity contribution in [3.63, 3.8) is 0 Å². The topological polar surface area (TPSA) is 137 Å². The van der Waals surface area contributed by atoms with Crippen LogP contribution in [0.2, 0.25) is 0 Å². The summed E-state index contributed by atoms with van der Waals surface area (Å²) in [5, 5.41) is 18.7. The highest BCUT2D eigenvalue weighted by molar-refractivity contribution is 5.86. The van der Waals surface area contributed by atoms with Gasteiger partial charge in [-0.1, -0.05) is 13.8 Å². The molecular weight excluding hydrogens is 390 g/mol. The van der Waals surface area contributed by atoms with Gasteiger partial charge in [0.05, 0.1) is 12.0 Å². The van der Waals surface area contributed by atoms with Gasteiger partial charge in [0, 0.05) is 12.5 Å². The molecule has 3 N–H and O–H groups in total. The first-order valence-electron chi connectivity index (χ1n) is 10.6. The van der Waals surface area contributed by atoms with Crippen LogP contribution in [-0.2, 0) is 19.1 Å². The maximum Gasteiger partial charge on any atom is 0.408 e. The van der Waals surface area contributed by atoms with Gasteiger partial charge >= 0.3 is 6.09 Å². The van der Waals surface area contributed by atoms with Crippen LogP contribution in [0.4, 0.5) is 4.79 Å². The molecule has 2 atom stereocenters. The fourth-order valence-corrected chi connectivity index (χ4v) is 3.34. The number of hydrogen-bond acceptors (Lipinski definition) is 6. The van der Waals surface area contributed by atoms with E-state index in [4.69, 9.17) is 4.74 Å². The number of carboxylic acids is 1. The molecule has 0 unspecified atom stereocenters. The average Bonchev–Trinajstić information content (AvgIpc) is 2.62. The zero-order chi connectivity index (χ0) is 23.1. The quantitative estimate of drug-likeness (QED) is 0.523. The minimum atomic E-state index is -1.31. The summed E-state index contributed by atoms with van der Waals surface area (Å²) in [6.45, 7) is 10.8. The fraction of sp³-hybridized carbons (Fsp3) is 0.810. The summed E-state index contributed by atoms with van der Waals surface area (Å²) in [5.41, 5.74) is -0.647. The van der Waals surface area contributed by atoms with Gasteiger partial charge in [-0.25, -0.2) is 4.79 Å². The first-order valence-corrected chi connectivity index (χ1v) is 10.6. The highest BCUT2D eigenvalue weighted by atomic mass is 16.6. The monoisotopic (exact) mass is 426 g/mol. The molecule has 0 aromatic carbocycles. The zero-order valence-corrected chi connectivity index (χ0v) is 18.9. The van der Waals surface area contributed by atoms with E-state index in [1.165, 1.54) is 6.92 Å². The van der Waals surface area contributed by atoms with Gasteiger partial charge in [-0.2, -0.15) is 0 Å². The Bertz CT molecular complexity index is 621. The minimum Gasteiger partial charge on any atom is -0.548 e. The van der Waals surface area contributed by atoms with Crippen molar-refractivity contribution in [2.45, 2.75) is 84.9 Å². The number of carbonyl (C=O) groups excluding carboxylic acids is 4. The van der Waals surface area contributed by atoms with E-state index in [1.54, 1.807) is 20.8 Å². The lowest BCUT2D eigenvalue weighted by Gasteiger charge is -2.30. The van der Waals surface area contributed by atoms with Gasteiger partial charge < -0.3 is 30.6 Å². The van der Waals surface area contributed by atoms with E-state index in [2.05, 4.69) is 16.0 Å². The molecule has 9 heteroatoms. The summed E-state index contributed by atoms with van der Waals surface area (Å²) in [6.07, 6.45) is 2.15. The van der Waals surface area contributed by atoms with Crippen LogP contribution in [0, 0.1) is 17.8 Å².